The van der Waals surface area contributed by atoms with Crippen LogP contribution in [0.1, 0.15) is 23.5 Å². The molecule has 1 atom stereocenters. The Balaban J connectivity index is 1.68. The third-order valence-electron chi connectivity index (χ3n) is 5.08. The molecule has 4 rings (SSSR count). The van der Waals surface area contributed by atoms with E-state index in [1.165, 1.54) is 11.1 Å². The fourth-order valence-electron chi connectivity index (χ4n) is 4.01. The lowest BCUT2D eigenvalue weighted by Gasteiger charge is -2.22. The number of likely N-dealkylation sites (tertiary alicyclic amines) is 1. The zero-order chi connectivity index (χ0) is 15.8. The van der Waals surface area contributed by atoms with Crippen LogP contribution in [0.25, 0.3) is 11.1 Å². The number of amides is 1. The normalized spacial score (nSPS) is 19.7. The van der Waals surface area contributed by atoms with Gasteiger partial charge >= 0.3 is 0 Å². The van der Waals surface area contributed by atoms with E-state index in [1.54, 1.807) is 7.11 Å². The largest absolute Gasteiger partial charge is 0.384 e. The van der Waals surface area contributed by atoms with E-state index < -0.39 is 0 Å². The van der Waals surface area contributed by atoms with Crippen molar-refractivity contribution in [3.63, 3.8) is 0 Å². The molecule has 3 heteroatoms. The van der Waals surface area contributed by atoms with Crippen molar-refractivity contribution in [2.75, 3.05) is 26.8 Å². The van der Waals surface area contributed by atoms with Gasteiger partial charge in [-0.15, -0.1) is 0 Å². The molecule has 1 aliphatic heterocycles. The molecule has 3 nitrogen and oxygen atoms in total. The molecule has 2 aromatic carbocycles. The third kappa shape index (κ3) is 2.36. The summed E-state index contributed by atoms with van der Waals surface area (Å²) >= 11 is 0. The molecule has 0 aromatic heterocycles. The van der Waals surface area contributed by atoms with Crippen molar-refractivity contribution in [2.45, 2.75) is 12.3 Å². The SMILES string of the molecule is COC[C@H]1CCN(C(=O)C2c3ccccc3-c3ccccc32)C1. The second-order valence-corrected chi connectivity index (χ2v) is 6.50. The summed E-state index contributed by atoms with van der Waals surface area (Å²) < 4.78 is 5.25. The molecule has 23 heavy (non-hydrogen) atoms. The minimum absolute atomic E-state index is 0.149. The summed E-state index contributed by atoms with van der Waals surface area (Å²) in [5.74, 6) is 0.556. The standard InChI is InChI=1S/C20H21NO2/c1-23-13-14-10-11-21(12-14)20(22)19-17-8-4-2-6-15(17)16-7-3-5-9-18(16)19/h2-9,14,19H,10-13H2,1H3/t14-/m0/s1. The minimum Gasteiger partial charge on any atom is -0.384 e. The molecule has 1 fully saturated rings. The maximum Gasteiger partial charge on any atom is 0.234 e. The highest BCUT2D eigenvalue weighted by Gasteiger charge is 2.38. The number of fused-ring (bicyclic) bond motifs is 3. The number of ether oxygens (including phenoxy) is 1. The summed E-state index contributed by atoms with van der Waals surface area (Å²) in [5, 5.41) is 0. The molecule has 0 unspecified atom stereocenters. The molecule has 2 aliphatic rings. The first-order valence-electron chi connectivity index (χ1n) is 8.25. The predicted octanol–water partition coefficient (Wildman–Crippen LogP) is 3.29. The molecule has 1 amide bonds. The smallest absolute Gasteiger partial charge is 0.234 e. The number of nitrogens with zero attached hydrogens (tertiary/aromatic N) is 1. The van der Waals surface area contributed by atoms with Gasteiger partial charge in [-0.1, -0.05) is 48.5 Å². The Morgan fingerprint density at radius 3 is 2.30 bits per heavy atom. The number of methoxy groups -OCH3 is 1. The molecule has 1 heterocycles. The van der Waals surface area contributed by atoms with E-state index in [9.17, 15) is 4.79 Å². The van der Waals surface area contributed by atoms with Crippen molar-refractivity contribution >= 4 is 5.91 Å². The highest BCUT2D eigenvalue weighted by molar-refractivity contribution is 5.96. The molecule has 0 N–H and O–H groups in total. The highest BCUT2D eigenvalue weighted by Crippen LogP contribution is 2.45. The van der Waals surface area contributed by atoms with Crippen molar-refractivity contribution in [2.24, 2.45) is 5.92 Å². The van der Waals surface area contributed by atoms with Gasteiger partial charge < -0.3 is 9.64 Å². The van der Waals surface area contributed by atoms with Gasteiger partial charge in [0, 0.05) is 26.1 Å². The zero-order valence-corrected chi connectivity index (χ0v) is 13.4. The quantitative estimate of drug-likeness (QED) is 0.871. The second-order valence-electron chi connectivity index (χ2n) is 6.50. The van der Waals surface area contributed by atoms with E-state index in [4.69, 9.17) is 4.74 Å². The van der Waals surface area contributed by atoms with E-state index in [0.29, 0.717) is 5.92 Å². The van der Waals surface area contributed by atoms with Gasteiger partial charge in [0.25, 0.3) is 0 Å². The molecule has 0 saturated carbocycles. The van der Waals surface area contributed by atoms with Crippen molar-refractivity contribution in [3.05, 3.63) is 59.7 Å². The first-order chi connectivity index (χ1) is 11.3. The lowest BCUT2D eigenvalue weighted by Crippen LogP contribution is -2.33. The summed E-state index contributed by atoms with van der Waals surface area (Å²) in [6, 6.07) is 16.6. The Morgan fingerprint density at radius 1 is 1.09 bits per heavy atom. The van der Waals surface area contributed by atoms with Gasteiger partial charge in [-0.2, -0.15) is 0 Å². The number of carbonyl (C=O) groups is 1. The van der Waals surface area contributed by atoms with Gasteiger partial charge in [0.1, 0.15) is 0 Å². The first kappa shape index (κ1) is 14.5. The average molecular weight is 307 g/mol. The summed E-state index contributed by atoms with van der Waals surface area (Å²) in [6.07, 6.45) is 1.04. The third-order valence-corrected chi connectivity index (χ3v) is 5.08. The molecule has 0 radical (unpaired) electrons. The number of hydrogen-bond donors (Lipinski definition) is 0. The van der Waals surface area contributed by atoms with E-state index in [0.717, 1.165) is 37.2 Å². The maximum absolute atomic E-state index is 13.2. The Kier molecular flexibility index (Phi) is 3.66. The fourth-order valence-corrected chi connectivity index (χ4v) is 4.01. The van der Waals surface area contributed by atoms with Gasteiger partial charge in [-0.3, -0.25) is 4.79 Å². The Labute approximate surface area is 136 Å². The molecule has 1 saturated heterocycles. The lowest BCUT2D eigenvalue weighted by molar-refractivity contribution is -0.130. The topological polar surface area (TPSA) is 29.5 Å². The summed E-state index contributed by atoms with van der Waals surface area (Å²) in [5.41, 5.74) is 4.70. The molecule has 1 aliphatic carbocycles. The van der Waals surface area contributed by atoms with Crippen molar-refractivity contribution in [1.29, 1.82) is 0 Å². The first-order valence-corrected chi connectivity index (χ1v) is 8.25. The number of hydrogen-bond acceptors (Lipinski definition) is 2. The lowest BCUT2D eigenvalue weighted by atomic mass is 9.95. The van der Waals surface area contributed by atoms with Crippen LogP contribution in [0.5, 0.6) is 0 Å². The second kappa shape index (κ2) is 5.82. The van der Waals surface area contributed by atoms with Crippen LogP contribution in [-0.4, -0.2) is 37.6 Å². The van der Waals surface area contributed by atoms with Crippen LogP contribution in [-0.2, 0) is 9.53 Å². The summed E-state index contributed by atoms with van der Waals surface area (Å²) in [4.78, 5) is 15.2. The highest BCUT2D eigenvalue weighted by atomic mass is 16.5. The van der Waals surface area contributed by atoms with E-state index >= 15 is 0 Å². The summed E-state index contributed by atoms with van der Waals surface area (Å²) in [7, 11) is 1.73. The van der Waals surface area contributed by atoms with Gasteiger partial charge in [0.05, 0.1) is 12.5 Å². The average Bonchev–Trinajstić information content (AvgIpc) is 3.17. The number of carbonyl (C=O) groups excluding carboxylic acids is 1. The molecule has 0 spiro atoms. The van der Waals surface area contributed by atoms with E-state index in [-0.39, 0.29) is 11.8 Å². The molecule has 0 bridgehead atoms. The van der Waals surface area contributed by atoms with Gasteiger partial charge in [0.2, 0.25) is 5.91 Å². The maximum atomic E-state index is 13.2. The van der Waals surface area contributed by atoms with Gasteiger partial charge in [0.15, 0.2) is 0 Å². The van der Waals surface area contributed by atoms with E-state index in [1.807, 2.05) is 29.2 Å². The number of benzene rings is 2. The molecule has 2 aromatic rings. The van der Waals surface area contributed by atoms with Crippen LogP contribution in [0.3, 0.4) is 0 Å². The van der Waals surface area contributed by atoms with Crippen LogP contribution in [0.4, 0.5) is 0 Å². The Bertz CT molecular complexity index is 694. The molecule has 118 valence electrons. The Hall–Kier alpha value is -2.13. The Morgan fingerprint density at radius 2 is 1.70 bits per heavy atom. The monoisotopic (exact) mass is 307 g/mol. The number of rotatable bonds is 3. The van der Waals surface area contributed by atoms with E-state index in [2.05, 4.69) is 24.3 Å². The molecular formula is C20H21NO2. The van der Waals surface area contributed by atoms with Gasteiger partial charge in [-0.25, -0.2) is 0 Å². The zero-order valence-electron chi connectivity index (χ0n) is 13.4. The van der Waals surface area contributed by atoms with Crippen LogP contribution >= 0.6 is 0 Å². The fraction of sp³-hybridized carbons (Fsp3) is 0.350. The van der Waals surface area contributed by atoms with Crippen LogP contribution in [0.15, 0.2) is 48.5 Å². The minimum atomic E-state index is -0.149. The predicted molar refractivity (Wildman–Crippen MR) is 90.3 cm³/mol. The van der Waals surface area contributed by atoms with Crippen LogP contribution < -0.4 is 0 Å². The van der Waals surface area contributed by atoms with Crippen LogP contribution in [0, 0.1) is 5.92 Å². The summed E-state index contributed by atoms with van der Waals surface area (Å²) in [6.45, 7) is 2.39. The van der Waals surface area contributed by atoms with Crippen molar-refractivity contribution in [3.8, 4) is 11.1 Å². The van der Waals surface area contributed by atoms with Crippen LogP contribution in [0.2, 0.25) is 0 Å². The van der Waals surface area contributed by atoms with Crippen molar-refractivity contribution < 1.29 is 9.53 Å². The van der Waals surface area contributed by atoms with Crippen molar-refractivity contribution in [1.82, 2.24) is 4.90 Å². The molecular weight excluding hydrogens is 286 g/mol. The van der Waals surface area contributed by atoms with Gasteiger partial charge in [-0.05, 0) is 28.7 Å².